The number of esters is 1. The number of non-ortho nitro benzene ring substituents is 1. The van der Waals surface area contributed by atoms with Crippen LogP contribution in [-0.2, 0) is 14.3 Å². The molecule has 2 aromatic rings. The van der Waals surface area contributed by atoms with Crippen LogP contribution in [-0.4, -0.2) is 28.7 Å². The molecule has 0 aliphatic carbocycles. The molecule has 0 amide bonds. The van der Waals surface area contributed by atoms with Gasteiger partial charge in [0.2, 0.25) is 0 Å². The molecular weight excluding hydrogens is 348 g/mol. The average Bonchev–Trinajstić information content (AvgIpc) is 2.70. The molecule has 0 N–H and O–H groups in total. The number of nitro benzene ring substituents is 1. The third-order valence-corrected chi connectivity index (χ3v) is 4.51. The van der Waals surface area contributed by atoms with E-state index in [1.165, 1.54) is 25.3 Å². The minimum Gasteiger partial charge on any atom is -0.467 e. The van der Waals surface area contributed by atoms with Gasteiger partial charge in [-0.3, -0.25) is 14.9 Å². The zero-order valence-corrected chi connectivity index (χ0v) is 14.6. The third-order valence-electron chi connectivity index (χ3n) is 4.51. The minimum atomic E-state index is -0.735. The maximum Gasteiger partial charge on any atom is 0.333 e. The Kier molecular flexibility index (Phi) is 5.30. The molecule has 0 aromatic heterocycles. The van der Waals surface area contributed by atoms with Gasteiger partial charge in [0.15, 0.2) is 11.8 Å². The fourth-order valence-corrected chi connectivity index (χ4v) is 3.19. The van der Waals surface area contributed by atoms with E-state index in [1.807, 2.05) is 30.3 Å². The topological polar surface area (TPSA) is 89.8 Å². The van der Waals surface area contributed by atoms with Crippen LogP contribution in [0, 0.1) is 10.1 Å². The number of carbonyl (C=O) groups excluding carboxylic acids is 2. The first-order valence-electron chi connectivity index (χ1n) is 8.37. The Labute approximate surface area is 156 Å². The lowest BCUT2D eigenvalue weighted by molar-refractivity contribution is -0.384. The van der Waals surface area contributed by atoms with Crippen molar-refractivity contribution in [2.24, 2.45) is 0 Å². The first-order valence-corrected chi connectivity index (χ1v) is 8.37. The van der Waals surface area contributed by atoms with Crippen molar-refractivity contribution in [1.82, 2.24) is 4.90 Å². The SMILES string of the molecule is COC(=O)[C@H](c1ccccc1)N1C=CC(=O)C[C@H]1c1ccc([N+](=O)[O-])cc1. The molecule has 0 unspecified atom stereocenters. The minimum absolute atomic E-state index is 0.0319. The molecule has 0 saturated heterocycles. The summed E-state index contributed by atoms with van der Waals surface area (Å²) in [7, 11) is 1.32. The number of benzene rings is 2. The van der Waals surface area contributed by atoms with Crippen molar-refractivity contribution in [1.29, 1.82) is 0 Å². The largest absolute Gasteiger partial charge is 0.467 e. The maximum absolute atomic E-state index is 12.5. The summed E-state index contributed by atoms with van der Waals surface area (Å²) in [5.41, 5.74) is 1.41. The van der Waals surface area contributed by atoms with Crippen molar-refractivity contribution in [2.75, 3.05) is 7.11 Å². The Bertz CT molecular complexity index is 877. The number of hydrogen-bond acceptors (Lipinski definition) is 6. The fraction of sp³-hybridized carbons (Fsp3) is 0.200. The smallest absolute Gasteiger partial charge is 0.333 e. The fourth-order valence-electron chi connectivity index (χ4n) is 3.19. The number of hydrogen-bond donors (Lipinski definition) is 0. The number of carbonyl (C=O) groups is 2. The lowest BCUT2D eigenvalue weighted by Gasteiger charge is -2.38. The number of rotatable bonds is 5. The molecule has 0 bridgehead atoms. The molecule has 1 heterocycles. The van der Waals surface area contributed by atoms with Gasteiger partial charge >= 0.3 is 5.97 Å². The predicted molar refractivity (Wildman–Crippen MR) is 97.6 cm³/mol. The highest BCUT2D eigenvalue weighted by Crippen LogP contribution is 2.37. The highest BCUT2D eigenvalue weighted by molar-refractivity contribution is 5.91. The van der Waals surface area contributed by atoms with Crippen molar-refractivity contribution >= 4 is 17.4 Å². The number of ether oxygens (including phenoxy) is 1. The Morgan fingerprint density at radius 2 is 1.85 bits per heavy atom. The van der Waals surface area contributed by atoms with Crippen LogP contribution in [0.4, 0.5) is 5.69 Å². The van der Waals surface area contributed by atoms with E-state index in [1.54, 1.807) is 23.2 Å². The summed E-state index contributed by atoms with van der Waals surface area (Å²) in [5.74, 6) is -0.529. The summed E-state index contributed by atoms with van der Waals surface area (Å²) in [4.78, 5) is 36.8. The van der Waals surface area contributed by atoms with Gasteiger partial charge in [0, 0.05) is 24.8 Å². The molecule has 0 radical (unpaired) electrons. The van der Waals surface area contributed by atoms with Gasteiger partial charge in [-0.25, -0.2) is 4.79 Å². The number of methoxy groups -OCH3 is 1. The molecular formula is C20H18N2O5. The van der Waals surface area contributed by atoms with Crippen LogP contribution < -0.4 is 0 Å². The van der Waals surface area contributed by atoms with Crippen LogP contribution in [0.25, 0.3) is 0 Å². The number of ketones is 1. The summed E-state index contributed by atoms with van der Waals surface area (Å²) in [5, 5.41) is 10.9. The normalized spacial score (nSPS) is 17.4. The number of allylic oxidation sites excluding steroid dienone is 1. The maximum atomic E-state index is 12.5. The van der Waals surface area contributed by atoms with Crippen molar-refractivity contribution in [3.8, 4) is 0 Å². The predicted octanol–water partition coefficient (Wildman–Crippen LogP) is 3.34. The van der Waals surface area contributed by atoms with E-state index in [4.69, 9.17) is 4.74 Å². The molecule has 7 nitrogen and oxygen atoms in total. The van der Waals surface area contributed by atoms with Crippen molar-refractivity contribution in [3.63, 3.8) is 0 Å². The van der Waals surface area contributed by atoms with Gasteiger partial charge in [0.25, 0.3) is 5.69 Å². The molecule has 0 spiro atoms. The van der Waals surface area contributed by atoms with Gasteiger partial charge in [0.05, 0.1) is 18.1 Å². The molecule has 138 valence electrons. The number of nitro groups is 1. The van der Waals surface area contributed by atoms with Gasteiger partial charge in [-0.15, -0.1) is 0 Å². The first-order chi connectivity index (χ1) is 13.0. The second kappa shape index (κ2) is 7.82. The lowest BCUT2D eigenvalue weighted by Crippen LogP contribution is -2.37. The second-order valence-corrected chi connectivity index (χ2v) is 6.13. The van der Waals surface area contributed by atoms with Crippen molar-refractivity contribution < 1.29 is 19.2 Å². The Morgan fingerprint density at radius 1 is 1.19 bits per heavy atom. The Balaban J connectivity index is 2.03. The zero-order chi connectivity index (χ0) is 19.4. The molecule has 1 aliphatic rings. The molecule has 2 aromatic carbocycles. The van der Waals surface area contributed by atoms with Gasteiger partial charge < -0.3 is 9.64 Å². The summed E-state index contributed by atoms with van der Waals surface area (Å²) in [6.45, 7) is 0. The molecule has 0 fully saturated rings. The third kappa shape index (κ3) is 3.87. The highest BCUT2D eigenvalue weighted by Gasteiger charge is 2.35. The quantitative estimate of drug-likeness (QED) is 0.458. The molecule has 0 saturated carbocycles. The van der Waals surface area contributed by atoms with Crippen LogP contribution in [0.2, 0.25) is 0 Å². The number of nitrogens with zero attached hydrogens (tertiary/aromatic N) is 2. The van der Waals surface area contributed by atoms with E-state index in [2.05, 4.69) is 0 Å². The Morgan fingerprint density at radius 3 is 2.44 bits per heavy atom. The summed E-state index contributed by atoms with van der Waals surface area (Å²) >= 11 is 0. The van der Waals surface area contributed by atoms with E-state index in [-0.39, 0.29) is 17.9 Å². The van der Waals surface area contributed by atoms with E-state index < -0.39 is 23.0 Å². The van der Waals surface area contributed by atoms with Crippen LogP contribution >= 0.6 is 0 Å². The molecule has 27 heavy (non-hydrogen) atoms. The van der Waals surface area contributed by atoms with Crippen LogP contribution in [0.3, 0.4) is 0 Å². The molecule has 7 heteroatoms. The van der Waals surface area contributed by atoms with Crippen molar-refractivity contribution in [3.05, 3.63) is 88.1 Å². The van der Waals surface area contributed by atoms with Crippen LogP contribution in [0.15, 0.2) is 66.9 Å². The monoisotopic (exact) mass is 366 g/mol. The van der Waals surface area contributed by atoms with E-state index in [0.29, 0.717) is 5.56 Å². The first kappa shape index (κ1) is 18.3. The summed E-state index contributed by atoms with van der Waals surface area (Å²) in [6, 6.07) is 14.0. The van der Waals surface area contributed by atoms with E-state index >= 15 is 0 Å². The standard InChI is InChI=1S/C20H18N2O5/c1-27-20(24)19(15-5-3-2-4-6-15)21-12-11-17(23)13-18(21)14-7-9-16(10-8-14)22(25)26/h2-12,18-19H,13H2,1H3/t18-,19-/m0/s1. The molecule has 1 aliphatic heterocycles. The van der Waals surface area contributed by atoms with Gasteiger partial charge in [0.1, 0.15) is 0 Å². The van der Waals surface area contributed by atoms with Crippen LogP contribution in [0.1, 0.15) is 29.6 Å². The van der Waals surface area contributed by atoms with E-state index in [9.17, 15) is 19.7 Å². The van der Waals surface area contributed by atoms with Gasteiger partial charge in [-0.1, -0.05) is 42.5 Å². The molecule has 3 rings (SSSR count). The second-order valence-electron chi connectivity index (χ2n) is 6.13. The summed E-state index contributed by atoms with van der Waals surface area (Å²) in [6.07, 6.45) is 3.18. The van der Waals surface area contributed by atoms with Crippen LogP contribution in [0.5, 0.6) is 0 Å². The summed E-state index contributed by atoms with van der Waals surface area (Å²) < 4.78 is 4.99. The Hall–Kier alpha value is -3.48. The average molecular weight is 366 g/mol. The van der Waals surface area contributed by atoms with Crippen molar-refractivity contribution in [2.45, 2.75) is 18.5 Å². The van der Waals surface area contributed by atoms with Gasteiger partial charge in [-0.05, 0) is 17.2 Å². The van der Waals surface area contributed by atoms with Gasteiger partial charge in [-0.2, -0.15) is 0 Å². The molecule has 2 atom stereocenters. The highest BCUT2D eigenvalue weighted by atomic mass is 16.6. The van der Waals surface area contributed by atoms with E-state index in [0.717, 1.165) is 5.56 Å². The lowest BCUT2D eigenvalue weighted by atomic mass is 9.93. The zero-order valence-electron chi connectivity index (χ0n) is 14.6.